The normalized spacial score (nSPS) is 19.4. The molecule has 2 aromatic carbocycles. The number of carbonyl (C=O) groups excluding carboxylic acids is 2. The molecule has 1 unspecified atom stereocenters. The van der Waals surface area contributed by atoms with Crippen molar-refractivity contribution in [2.45, 2.75) is 12.5 Å². The van der Waals surface area contributed by atoms with Gasteiger partial charge in [-0.2, -0.15) is 0 Å². The van der Waals surface area contributed by atoms with Gasteiger partial charge in [0.15, 0.2) is 0 Å². The lowest BCUT2D eigenvalue weighted by Gasteiger charge is -2.44. The number of halogens is 2. The Morgan fingerprint density at radius 2 is 1.96 bits per heavy atom. The first-order chi connectivity index (χ1) is 12.1. The third-order valence-corrected chi connectivity index (χ3v) is 5.23. The fourth-order valence-corrected chi connectivity index (χ4v) is 3.93. The molecule has 0 bridgehead atoms. The van der Waals surface area contributed by atoms with Crippen LogP contribution < -0.4 is 0 Å². The van der Waals surface area contributed by atoms with Crippen LogP contribution in [-0.4, -0.2) is 41.2 Å². The first-order valence-electron chi connectivity index (χ1n) is 8.17. The number of benzene rings is 2. The van der Waals surface area contributed by atoms with Gasteiger partial charge in [-0.3, -0.25) is 9.59 Å². The van der Waals surface area contributed by atoms with Gasteiger partial charge in [0.25, 0.3) is 5.91 Å². The number of nitrogens with zero attached hydrogens (tertiary/aromatic N) is 2. The average Bonchev–Trinajstić information content (AvgIpc) is 2.61. The van der Waals surface area contributed by atoms with Crippen molar-refractivity contribution in [3.63, 3.8) is 0 Å². The average molecular weight is 359 g/mol. The molecule has 0 aliphatic carbocycles. The SMILES string of the molecule is O=C(c1c(F)cccc1Cl)N1CC(=O)N2CCc3ccccc3C2C1. The second-order valence-corrected chi connectivity index (χ2v) is 6.74. The van der Waals surface area contributed by atoms with Crippen LogP contribution in [0.5, 0.6) is 0 Å². The third-order valence-electron chi connectivity index (χ3n) is 4.92. The van der Waals surface area contributed by atoms with Crippen molar-refractivity contribution in [1.82, 2.24) is 9.80 Å². The highest BCUT2D eigenvalue weighted by Crippen LogP contribution is 2.34. The molecule has 4 nitrogen and oxygen atoms in total. The predicted molar refractivity (Wildman–Crippen MR) is 91.9 cm³/mol. The summed E-state index contributed by atoms with van der Waals surface area (Å²) in [6.07, 6.45) is 0.811. The monoisotopic (exact) mass is 358 g/mol. The molecule has 6 heteroatoms. The maximum Gasteiger partial charge on any atom is 0.258 e. The zero-order valence-electron chi connectivity index (χ0n) is 13.4. The number of rotatable bonds is 1. The summed E-state index contributed by atoms with van der Waals surface area (Å²) in [6.45, 7) is 0.928. The van der Waals surface area contributed by atoms with Crippen LogP contribution in [0.2, 0.25) is 5.02 Å². The second-order valence-electron chi connectivity index (χ2n) is 6.33. The minimum absolute atomic E-state index is 0.0534. The number of hydrogen-bond acceptors (Lipinski definition) is 2. The van der Waals surface area contributed by atoms with Crippen molar-refractivity contribution in [3.8, 4) is 0 Å². The van der Waals surface area contributed by atoms with Gasteiger partial charge in [0.05, 0.1) is 16.6 Å². The van der Waals surface area contributed by atoms with Gasteiger partial charge in [0.1, 0.15) is 12.4 Å². The molecule has 2 heterocycles. The maximum atomic E-state index is 14.1. The Bertz CT molecular complexity index is 850. The summed E-state index contributed by atoms with van der Waals surface area (Å²) in [4.78, 5) is 28.6. The van der Waals surface area contributed by atoms with Gasteiger partial charge in [-0.1, -0.05) is 41.9 Å². The molecule has 2 aliphatic heterocycles. The summed E-state index contributed by atoms with van der Waals surface area (Å²) in [5.74, 6) is -1.33. The van der Waals surface area contributed by atoms with E-state index < -0.39 is 11.7 Å². The van der Waals surface area contributed by atoms with Crippen LogP contribution in [0.4, 0.5) is 4.39 Å². The highest BCUT2D eigenvalue weighted by atomic mass is 35.5. The van der Waals surface area contributed by atoms with Crippen LogP contribution in [0.25, 0.3) is 0 Å². The molecule has 1 fully saturated rings. The Morgan fingerprint density at radius 1 is 1.16 bits per heavy atom. The number of carbonyl (C=O) groups is 2. The molecule has 1 atom stereocenters. The molecule has 128 valence electrons. The summed E-state index contributed by atoms with van der Waals surface area (Å²) >= 11 is 6.02. The van der Waals surface area contributed by atoms with Crippen LogP contribution >= 0.6 is 11.6 Å². The van der Waals surface area contributed by atoms with E-state index in [2.05, 4.69) is 0 Å². The molecule has 1 saturated heterocycles. The predicted octanol–water partition coefficient (Wildman–Crippen LogP) is 3.06. The molecule has 0 spiro atoms. The Hall–Kier alpha value is -2.40. The Labute approximate surface area is 149 Å². The summed E-state index contributed by atoms with van der Waals surface area (Å²) in [6, 6.07) is 11.9. The summed E-state index contributed by atoms with van der Waals surface area (Å²) in [5, 5.41) is 0.0592. The third kappa shape index (κ3) is 2.68. The molecule has 0 N–H and O–H groups in total. The first-order valence-corrected chi connectivity index (χ1v) is 8.54. The second kappa shape index (κ2) is 6.15. The molecule has 0 saturated carbocycles. The van der Waals surface area contributed by atoms with Gasteiger partial charge in [0.2, 0.25) is 5.91 Å². The standard InChI is InChI=1S/C19H16ClFN2O2/c20-14-6-3-7-15(21)18(14)19(25)22-10-16-13-5-2-1-4-12(13)8-9-23(16)17(24)11-22/h1-7,16H,8-11H2. The van der Waals surface area contributed by atoms with E-state index in [1.165, 1.54) is 28.7 Å². The van der Waals surface area contributed by atoms with E-state index in [0.717, 1.165) is 12.0 Å². The Kier molecular flexibility index (Phi) is 3.96. The highest BCUT2D eigenvalue weighted by Gasteiger charge is 2.39. The van der Waals surface area contributed by atoms with Crippen LogP contribution in [0.3, 0.4) is 0 Å². The number of piperazine rings is 1. The molecule has 2 aromatic rings. The van der Waals surface area contributed by atoms with Crippen LogP contribution in [0.15, 0.2) is 42.5 Å². The van der Waals surface area contributed by atoms with Crippen molar-refractivity contribution < 1.29 is 14.0 Å². The summed E-state index contributed by atoms with van der Waals surface area (Å²) in [5.41, 5.74) is 2.07. The van der Waals surface area contributed by atoms with E-state index >= 15 is 0 Å². The minimum Gasteiger partial charge on any atom is -0.332 e. The number of hydrogen-bond donors (Lipinski definition) is 0. The van der Waals surface area contributed by atoms with Gasteiger partial charge in [-0.05, 0) is 29.7 Å². The lowest BCUT2D eigenvalue weighted by atomic mass is 9.90. The van der Waals surface area contributed by atoms with Crippen LogP contribution in [0.1, 0.15) is 27.5 Å². The van der Waals surface area contributed by atoms with Crippen molar-refractivity contribution >= 4 is 23.4 Å². The van der Waals surface area contributed by atoms with Gasteiger partial charge in [0, 0.05) is 13.1 Å². The van der Waals surface area contributed by atoms with Gasteiger partial charge in [-0.15, -0.1) is 0 Å². The summed E-state index contributed by atoms with van der Waals surface area (Å²) in [7, 11) is 0. The van der Waals surface area contributed by atoms with E-state index in [1.54, 1.807) is 0 Å². The molecular formula is C19H16ClFN2O2. The van der Waals surface area contributed by atoms with Crippen molar-refractivity contribution in [1.29, 1.82) is 0 Å². The molecule has 0 radical (unpaired) electrons. The van der Waals surface area contributed by atoms with E-state index in [9.17, 15) is 14.0 Å². The van der Waals surface area contributed by atoms with Gasteiger partial charge in [-0.25, -0.2) is 4.39 Å². The quantitative estimate of drug-likeness (QED) is 0.786. The van der Waals surface area contributed by atoms with E-state index in [-0.39, 0.29) is 29.1 Å². The van der Waals surface area contributed by atoms with E-state index in [0.29, 0.717) is 13.1 Å². The first kappa shape index (κ1) is 16.1. The van der Waals surface area contributed by atoms with Gasteiger partial charge >= 0.3 is 0 Å². The number of amides is 2. The molecule has 2 amide bonds. The van der Waals surface area contributed by atoms with Gasteiger partial charge < -0.3 is 9.80 Å². The number of fused-ring (bicyclic) bond motifs is 3. The van der Waals surface area contributed by atoms with E-state index in [1.807, 2.05) is 29.2 Å². The maximum absolute atomic E-state index is 14.1. The topological polar surface area (TPSA) is 40.6 Å². The molecule has 25 heavy (non-hydrogen) atoms. The largest absolute Gasteiger partial charge is 0.332 e. The smallest absolute Gasteiger partial charge is 0.258 e. The fraction of sp³-hybridized carbons (Fsp3) is 0.263. The Balaban J connectivity index is 1.68. The molecule has 0 aromatic heterocycles. The highest BCUT2D eigenvalue weighted by molar-refractivity contribution is 6.33. The van der Waals surface area contributed by atoms with Crippen LogP contribution in [0, 0.1) is 5.82 Å². The molecule has 2 aliphatic rings. The minimum atomic E-state index is -0.670. The van der Waals surface area contributed by atoms with Crippen molar-refractivity contribution in [2.75, 3.05) is 19.6 Å². The zero-order chi connectivity index (χ0) is 17.6. The fourth-order valence-electron chi connectivity index (χ4n) is 3.69. The van der Waals surface area contributed by atoms with E-state index in [4.69, 9.17) is 11.6 Å². The molecular weight excluding hydrogens is 343 g/mol. The summed E-state index contributed by atoms with van der Waals surface area (Å²) < 4.78 is 14.1. The zero-order valence-corrected chi connectivity index (χ0v) is 14.2. The molecule has 4 rings (SSSR count). The lowest BCUT2D eigenvalue weighted by Crippen LogP contribution is -2.55. The van der Waals surface area contributed by atoms with Crippen molar-refractivity contribution in [2.24, 2.45) is 0 Å². The Morgan fingerprint density at radius 3 is 2.76 bits per heavy atom. The van der Waals surface area contributed by atoms with Crippen molar-refractivity contribution in [3.05, 3.63) is 70.0 Å². The van der Waals surface area contributed by atoms with Crippen LogP contribution in [-0.2, 0) is 11.2 Å². The lowest BCUT2D eigenvalue weighted by molar-refractivity contribution is -0.139.